The van der Waals surface area contributed by atoms with Crippen LogP contribution in [0.15, 0.2) is 84.9 Å². The lowest BCUT2D eigenvalue weighted by Crippen LogP contribution is -2.30. The van der Waals surface area contributed by atoms with Gasteiger partial charge < -0.3 is 4.90 Å². The molecule has 0 N–H and O–H groups in total. The molecule has 2 aliphatic rings. The molecule has 5 rings (SSSR count). The van der Waals surface area contributed by atoms with E-state index in [2.05, 4.69) is 91.2 Å². The Morgan fingerprint density at radius 2 is 1.53 bits per heavy atom. The van der Waals surface area contributed by atoms with Crippen LogP contribution in [-0.4, -0.2) is 13.1 Å². The van der Waals surface area contributed by atoms with Crippen molar-refractivity contribution in [1.82, 2.24) is 0 Å². The van der Waals surface area contributed by atoms with E-state index in [0.29, 0.717) is 11.8 Å². The van der Waals surface area contributed by atoms with E-state index >= 15 is 0 Å². The molecule has 0 bridgehead atoms. The molecule has 1 aliphatic carbocycles. The number of benzene rings is 3. The maximum atomic E-state index is 4.16. The van der Waals surface area contributed by atoms with Crippen molar-refractivity contribution in [3.63, 3.8) is 0 Å². The second-order valence-electron chi connectivity index (χ2n) is 9.06. The first-order valence-electron chi connectivity index (χ1n) is 11.3. The molecular formula is C29H31N. The molecular weight excluding hydrogens is 362 g/mol. The molecule has 0 amide bonds. The highest BCUT2D eigenvalue weighted by atomic mass is 15.1. The van der Waals surface area contributed by atoms with Gasteiger partial charge >= 0.3 is 0 Å². The molecule has 1 nitrogen and oxygen atoms in total. The fourth-order valence-corrected chi connectivity index (χ4v) is 5.39. The molecule has 0 spiro atoms. The van der Waals surface area contributed by atoms with Crippen LogP contribution < -0.4 is 4.90 Å². The summed E-state index contributed by atoms with van der Waals surface area (Å²) < 4.78 is 0. The molecule has 1 heterocycles. The highest BCUT2D eigenvalue weighted by Gasteiger charge is 2.32. The van der Waals surface area contributed by atoms with E-state index in [1.165, 1.54) is 51.9 Å². The van der Waals surface area contributed by atoms with Crippen LogP contribution in [0.4, 0.5) is 5.69 Å². The monoisotopic (exact) mass is 393 g/mol. The zero-order valence-electron chi connectivity index (χ0n) is 18.0. The Morgan fingerprint density at radius 1 is 0.800 bits per heavy atom. The minimum atomic E-state index is 0.423. The Morgan fingerprint density at radius 3 is 2.27 bits per heavy atom. The maximum absolute atomic E-state index is 4.16. The molecule has 2 atom stereocenters. The number of rotatable bonds is 3. The van der Waals surface area contributed by atoms with Crippen molar-refractivity contribution < 1.29 is 0 Å². The second kappa shape index (κ2) is 8.14. The summed E-state index contributed by atoms with van der Waals surface area (Å²) in [4.78, 5) is 2.51. The molecule has 1 saturated heterocycles. The Hall–Kier alpha value is -2.80. The molecule has 152 valence electrons. The standard InChI is InChI=1S/C29H31N/c1-21-16-18-30(19-17-21)26-12-9-24(10-13-26)29-27(23-6-4-3-5-7-23)15-11-25-20-22(2)8-14-28(25)29/h3-10,12-14,20,27,29H,1,11,15-19H2,2H3/t27-,29+/m1/s1. The first-order chi connectivity index (χ1) is 14.7. The number of nitrogens with zero attached hydrogens (tertiary/aromatic N) is 1. The van der Waals surface area contributed by atoms with E-state index < -0.39 is 0 Å². The van der Waals surface area contributed by atoms with Gasteiger partial charge in [-0.25, -0.2) is 0 Å². The van der Waals surface area contributed by atoms with Crippen molar-refractivity contribution >= 4 is 5.69 Å². The summed E-state index contributed by atoms with van der Waals surface area (Å²) in [5, 5.41) is 0. The number of anilines is 1. The number of aryl methyl sites for hydroxylation is 2. The largest absolute Gasteiger partial charge is 0.371 e. The van der Waals surface area contributed by atoms with Crippen molar-refractivity contribution in [1.29, 1.82) is 0 Å². The lowest BCUT2D eigenvalue weighted by atomic mass is 9.69. The summed E-state index contributed by atoms with van der Waals surface area (Å²) in [5.41, 5.74) is 10.1. The van der Waals surface area contributed by atoms with Gasteiger partial charge in [-0.1, -0.05) is 78.4 Å². The highest BCUT2D eigenvalue weighted by molar-refractivity contribution is 5.52. The summed E-state index contributed by atoms with van der Waals surface area (Å²) in [7, 11) is 0. The van der Waals surface area contributed by atoms with Crippen LogP contribution in [0.1, 0.15) is 58.9 Å². The number of fused-ring (bicyclic) bond motifs is 1. The quantitative estimate of drug-likeness (QED) is 0.432. The van der Waals surface area contributed by atoms with Gasteiger partial charge in [0.05, 0.1) is 0 Å². The van der Waals surface area contributed by atoms with Crippen molar-refractivity contribution in [2.45, 2.75) is 44.4 Å². The topological polar surface area (TPSA) is 3.24 Å². The third-order valence-electron chi connectivity index (χ3n) is 7.08. The van der Waals surface area contributed by atoms with Crippen LogP contribution in [0.5, 0.6) is 0 Å². The molecule has 30 heavy (non-hydrogen) atoms. The summed E-state index contributed by atoms with van der Waals surface area (Å²) >= 11 is 0. The van der Waals surface area contributed by atoms with Gasteiger partial charge in [0.1, 0.15) is 0 Å². The van der Waals surface area contributed by atoms with E-state index in [1.807, 2.05) is 0 Å². The Bertz CT molecular complexity index is 1020. The Balaban J connectivity index is 1.51. The Kier molecular flexibility index (Phi) is 5.21. The maximum Gasteiger partial charge on any atom is 0.0366 e. The van der Waals surface area contributed by atoms with E-state index in [-0.39, 0.29) is 0 Å². The molecule has 0 unspecified atom stereocenters. The number of hydrogen-bond acceptors (Lipinski definition) is 1. The van der Waals surface area contributed by atoms with E-state index in [9.17, 15) is 0 Å². The van der Waals surface area contributed by atoms with Gasteiger partial charge in [-0.3, -0.25) is 0 Å². The lowest BCUT2D eigenvalue weighted by Gasteiger charge is -2.35. The van der Waals surface area contributed by atoms with Gasteiger partial charge in [0.15, 0.2) is 0 Å². The second-order valence-corrected chi connectivity index (χ2v) is 9.06. The molecule has 0 aromatic heterocycles. The van der Waals surface area contributed by atoms with Crippen molar-refractivity contribution in [2.24, 2.45) is 0 Å². The van der Waals surface area contributed by atoms with Crippen molar-refractivity contribution in [3.05, 3.63) is 113 Å². The van der Waals surface area contributed by atoms with Crippen LogP contribution in [0.25, 0.3) is 0 Å². The lowest BCUT2D eigenvalue weighted by molar-refractivity contribution is 0.524. The van der Waals surface area contributed by atoms with Gasteiger partial charge in [0, 0.05) is 24.7 Å². The highest BCUT2D eigenvalue weighted by Crippen LogP contribution is 2.46. The fraction of sp³-hybridized carbons (Fsp3) is 0.310. The summed E-state index contributed by atoms with van der Waals surface area (Å²) in [5.74, 6) is 0.956. The normalized spacial score (nSPS) is 21.4. The first-order valence-corrected chi connectivity index (χ1v) is 11.3. The molecule has 3 aromatic rings. The van der Waals surface area contributed by atoms with Crippen LogP contribution in [0.2, 0.25) is 0 Å². The average molecular weight is 394 g/mol. The van der Waals surface area contributed by atoms with Gasteiger partial charge in [0.2, 0.25) is 0 Å². The zero-order valence-corrected chi connectivity index (χ0v) is 18.0. The van der Waals surface area contributed by atoms with Gasteiger partial charge in [0.25, 0.3) is 0 Å². The third-order valence-corrected chi connectivity index (χ3v) is 7.08. The predicted molar refractivity (Wildman–Crippen MR) is 128 cm³/mol. The van der Waals surface area contributed by atoms with Crippen molar-refractivity contribution in [2.75, 3.05) is 18.0 Å². The minimum Gasteiger partial charge on any atom is -0.371 e. The SMILES string of the molecule is C=C1CCN(c2ccc([C@@H]3c4ccc(C)cc4CC[C@@H]3c3ccccc3)cc2)CC1. The van der Waals surface area contributed by atoms with Crippen LogP contribution in [0, 0.1) is 6.92 Å². The summed E-state index contributed by atoms with van der Waals surface area (Å²) in [6.45, 7) is 8.55. The molecule has 3 aromatic carbocycles. The average Bonchev–Trinajstić information content (AvgIpc) is 2.79. The molecule has 0 saturated carbocycles. The number of hydrogen-bond donors (Lipinski definition) is 0. The van der Waals surface area contributed by atoms with Crippen LogP contribution in [0.3, 0.4) is 0 Å². The fourth-order valence-electron chi connectivity index (χ4n) is 5.39. The number of piperidine rings is 1. The first kappa shape index (κ1) is 19.2. The van der Waals surface area contributed by atoms with Gasteiger partial charge in [-0.2, -0.15) is 0 Å². The van der Waals surface area contributed by atoms with Crippen molar-refractivity contribution in [3.8, 4) is 0 Å². The smallest absolute Gasteiger partial charge is 0.0366 e. The minimum absolute atomic E-state index is 0.423. The molecule has 0 radical (unpaired) electrons. The molecule has 1 fully saturated rings. The van der Waals surface area contributed by atoms with E-state index in [4.69, 9.17) is 0 Å². The predicted octanol–water partition coefficient (Wildman–Crippen LogP) is 7.01. The van der Waals surface area contributed by atoms with Gasteiger partial charge in [-0.15, -0.1) is 0 Å². The van der Waals surface area contributed by atoms with E-state index in [1.54, 1.807) is 0 Å². The van der Waals surface area contributed by atoms with Crippen LogP contribution >= 0.6 is 0 Å². The third kappa shape index (κ3) is 3.69. The van der Waals surface area contributed by atoms with Gasteiger partial charge in [-0.05, 0) is 72.9 Å². The molecule has 1 aliphatic heterocycles. The summed E-state index contributed by atoms with van der Waals surface area (Å²) in [6.07, 6.45) is 4.62. The molecule has 1 heteroatoms. The summed E-state index contributed by atoms with van der Waals surface area (Å²) in [6, 6.07) is 27.6. The van der Waals surface area contributed by atoms with Crippen LogP contribution in [-0.2, 0) is 6.42 Å². The Labute approximate surface area is 181 Å². The van der Waals surface area contributed by atoms with E-state index in [0.717, 1.165) is 25.9 Å². The zero-order chi connectivity index (χ0) is 20.5.